The van der Waals surface area contributed by atoms with Crippen molar-refractivity contribution in [3.63, 3.8) is 0 Å². The van der Waals surface area contributed by atoms with E-state index in [1.54, 1.807) is 6.08 Å². The molecule has 0 aliphatic heterocycles. The summed E-state index contributed by atoms with van der Waals surface area (Å²) in [6.07, 6.45) is 48.3. The summed E-state index contributed by atoms with van der Waals surface area (Å²) in [6, 6.07) is 0. The minimum atomic E-state index is -4.42. The summed E-state index contributed by atoms with van der Waals surface area (Å²) < 4.78 is 32.6. The first kappa shape index (κ1) is 52.9. The normalized spacial score (nSPS) is 14.9. The van der Waals surface area contributed by atoms with E-state index in [0.29, 0.717) is 32.1 Å². The number of hydrogen-bond donors (Lipinski definition) is 3. The van der Waals surface area contributed by atoms with Crippen LogP contribution >= 0.6 is 7.82 Å². The van der Waals surface area contributed by atoms with Gasteiger partial charge in [0.2, 0.25) is 0 Å². The number of nitrogens with two attached hydrogens (primary N) is 1. The molecule has 0 aromatic carbocycles. The number of carbonyl (C=O) groups excluding carboxylic acids is 2. The second kappa shape index (κ2) is 40.1. The van der Waals surface area contributed by atoms with Crippen LogP contribution in [0.4, 0.5) is 0 Å². The molecule has 11 heteroatoms. The number of rotatable bonds is 37. The number of phosphoric acid groups is 1. The molecule has 0 rings (SSSR count). The van der Waals surface area contributed by atoms with Crippen molar-refractivity contribution in [1.82, 2.24) is 0 Å². The zero-order valence-corrected chi connectivity index (χ0v) is 35.3. The first-order valence-electron chi connectivity index (χ1n) is 20.8. The van der Waals surface area contributed by atoms with Crippen molar-refractivity contribution in [2.45, 2.75) is 148 Å². The predicted octanol–water partition coefficient (Wildman–Crippen LogP) is 10.8. The lowest BCUT2D eigenvalue weighted by molar-refractivity contribution is -0.161. The zero-order chi connectivity index (χ0) is 41.2. The maximum atomic E-state index is 12.5. The first-order chi connectivity index (χ1) is 27.2. The fourth-order valence-electron chi connectivity index (χ4n) is 4.87. The van der Waals surface area contributed by atoms with Gasteiger partial charge in [-0.2, -0.15) is 0 Å². The number of allylic oxidation sites excluding steroid dienone is 15. The average molecular weight is 804 g/mol. The number of aliphatic hydroxyl groups is 1. The van der Waals surface area contributed by atoms with Crippen LogP contribution in [-0.4, -0.2) is 60.5 Å². The van der Waals surface area contributed by atoms with E-state index < -0.39 is 32.5 Å². The lowest BCUT2D eigenvalue weighted by Gasteiger charge is -2.19. The number of phosphoric ester groups is 1. The molecule has 0 saturated carbocycles. The average Bonchev–Trinajstić information content (AvgIpc) is 3.18. The molecule has 0 amide bonds. The van der Waals surface area contributed by atoms with Crippen LogP contribution in [-0.2, 0) is 32.7 Å². The lowest BCUT2D eigenvalue weighted by Crippen LogP contribution is -2.29. The van der Waals surface area contributed by atoms with Gasteiger partial charge >= 0.3 is 19.8 Å². The van der Waals surface area contributed by atoms with Crippen molar-refractivity contribution < 1.29 is 42.7 Å². The van der Waals surface area contributed by atoms with E-state index in [9.17, 15) is 24.2 Å². The van der Waals surface area contributed by atoms with Crippen LogP contribution in [0, 0.1) is 0 Å². The molecule has 3 atom stereocenters. The van der Waals surface area contributed by atoms with E-state index in [-0.39, 0.29) is 38.7 Å². The quantitative estimate of drug-likeness (QED) is 0.0182. The van der Waals surface area contributed by atoms with Crippen molar-refractivity contribution in [2.75, 3.05) is 26.4 Å². The van der Waals surface area contributed by atoms with E-state index >= 15 is 0 Å². The number of esters is 2. The van der Waals surface area contributed by atoms with E-state index in [1.807, 2.05) is 43.4 Å². The Bertz CT molecular complexity index is 1250. The zero-order valence-electron chi connectivity index (χ0n) is 34.4. The smallest absolute Gasteiger partial charge is 0.462 e. The fourth-order valence-corrected chi connectivity index (χ4v) is 5.64. The molecule has 0 spiro atoms. The molecule has 0 aromatic heterocycles. The molecular weight excluding hydrogens is 729 g/mol. The molecule has 0 aliphatic carbocycles. The minimum Gasteiger partial charge on any atom is -0.462 e. The summed E-state index contributed by atoms with van der Waals surface area (Å²) in [5, 5.41) is 9.46. The maximum absolute atomic E-state index is 12.5. The summed E-state index contributed by atoms with van der Waals surface area (Å²) in [6.45, 7) is 3.23. The minimum absolute atomic E-state index is 0.0271. The van der Waals surface area contributed by atoms with Crippen molar-refractivity contribution in [1.29, 1.82) is 0 Å². The summed E-state index contributed by atoms with van der Waals surface area (Å²) in [5.74, 6) is -0.989. The molecule has 0 saturated heterocycles. The maximum Gasteiger partial charge on any atom is 0.472 e. The van der Waals surface area contributed by atoms with Crippen molar-refractivity contribution in [3.8, 4) is 0 Å². The summed E-state index contributed by atoms with van der Waals surface area (Å²) in [4.78, 5) is 34.8. The van der Waals surface area contributed by atoms with Crippen LogP contribution in [0.3, 0.4) is 0 Å². The predicted molar refractivity (Wildman–Crippen MR) is 230 cm³/mol. The Morgan fingerprint density at radius 3 is 1.68 bits per heavy atom. The van der Waals surface area contributed by atoms with Crippen LogP contribution in [0.2, 0.25) is 0 Å². The highest BCUT2D eigenvalue weighted by Gasteiger charge is 2.25. The summed E-state index contributed by atoms with van der Waals surface area (Å²) in [7, 11) is -4.42. The van der Waals surface area contributed by atoms with E-state index in [2.05, 4.69) is 61.6 Å². The van der Waals surface area contributed by atoms with Crippen molar-refractivity contribution in [2.24, 2.45) is 5.73 Å². The largest absolute Gasteiger partial charge is 0.472 e. The summed E-state index contributed by atoms with van der Waals surface area (Å²) >= 11 is 0. The standard InChI is InChI=1S/C45H74NO9P/c1-3-5-6-7-8-9-10-11-12-13-14-19-22-25-28-31-34-37-45(49)55-43(41-54-56(50,51)53-39-38-46)40-52-44(48)36-33-30-27-24-21-18-16-15-17-20-23-26-29-32-35-42(47)4-2/h11-12,14,16-20,24-29,32,35,42-43,47H,3-10,13,15,21-23,30-31,33-34,36-41,46H2,1-2H3,(H,50,51)/b12-11-,18-16-,19-14-,20-17-,27-24-,28-25-,29-26-,35-32+/t42-,43+/m0/s1. The molecule has 1 unspecified atom stereocenters. The number of unbranched alkanes of at least 4 members (excludes halogenated alkanes) is 8. The van der Waals surface area contributed by atoms with Crippen molar-refractivity contribution >= 4 is 19.8 Å². The van der Waals surface area contributed by atoms with Gasteiger partial charge in [0, 0.05) is 19.4 Å². The Labute approximate surface area is 339 Å². The third-order valence-corrected chi connectivity index (χ3v) is 9.10. The molecule has 0 aromatic rings. The van der Waals surface area contributed by atoms with Gasteiger partial charge < -0.3 is 25.2 Å². The highest BCUT2D eigenvalue weighted by Crippen LogP contribution is 2.43. The van der Waals surface area contributed by atoms with E-state index in [1.165, 1.54) is 38.5 Å². The fraction of sp³-hybridized carbons (Fsp3) is 0.600. The number of aliphatic hydroxyl groups excluding tert-OH is 1. The number of ether oxygens (including phenoxy) is 2. The molecule has 10 nitrogen and oxygen atoms in total. The van der Waals surface area contributed by atoms with Gasteiger partial charge in [0.05, 0.1) is 19.3 Å². The lowest BCUT2D eigenvalue weighted by atomic mass is 10.1. The van der Waals surface area contributed by atoms with Crippen molar-refractivity contribution in [3.05, 3.63) is 97.2 Å². The molecule has 318 valence electrons. The van der Waals surface area contributed by atoms with Crippen LogP contribution < -0.4 is 5.73 Å². The monoisotopic (exact) mass is 804 g/mol. The third-order valence-electron chi connectivity index (χ3n) is 8.11. The van der Waals surface area contributed by atoms with Gasteiger partial charge in [-0.15, -0.1) is 0 Å². The van der Waals surface area contributed by atoms with Gasteiger partial charge in [-0.1, -0.05) is 143 Å². The molecule has 4 N–H and O–H groups in total. The topological polar surface area (TPSA) is 155 Å². The van der Waals surface area contributed by atoms with E-state index in [4.69, 9.17) is 24.3 Å². The second-order valence-electron chi connectivity index (χ2n) is 13.3. The number of carbonyl (C=O) groups is 2. The van der Waals surface area contributed by atoms with Crippen LogP contribution in [0.25, 0.3) is 0 Å². The molecular formula is C45H74NO9P. The molecule has 0 heterocycles. The Morgan fingerprint density at radius 2 is 1.12 bits per heavy atom. The molecule has 0 radical (unpaired) electrons. The Balaban J connectivity index is 4.40. The third kappa shape index (κ3) is 39.1. The molecule has 0 aliphatic rings. The second-order valence-corrected chi connectivity index (χ2v) is 14.8. The number of hydrogen-bond acceptors (Lipinski definition) is 9. The van der Waals surface area contributed by atoms with Crippen LogP contribution in [0.1, 0.15) is 136 Å². The molecule has 0 bridgehead atoms. The van der Waals surface area contributed by atoms with Gasteiger partial charge in [-0.3, -0.25) is 18.6 Å². The van der Waals surface area contributed by atoms with Gasteiger partial charge in [0.15, 0.2) is 6.10 Å². The van der Waals surface area contributed by atoms with Gasteiger partial charge in [0.1, 0.15) is 6.61 Å². The Morgan fingerprint density at radius 1 is 0.625 bits per heavy atom. The van der Waals surface area contributed by atoms with Crippen LogP contribution in [0.5, 0.6) is 0 Å². The Hall–Kier alpha value is -3.11. The van der Waals surface area contributed by atoms with Gasteiger partial charge in [-0.05, 0) is 77.0 Å². The van der Waals surface area contributed by atoms with Crippen LogP contribution in [0.15, 0.2) is 97.2 Å². The van der Waals surface area contributed by atoms with Gasteiger partial charge in [-0.25, -0.2) is 4.57 Å². The highest BCUT2D eigenvalue weighted by atomic mass is 31.2. The van der Waals surface area contributed by atoms with Gasteiger partial charge in [0.25, 0.3) is 0 Å². The van der Waals surface area contributed by atoms with E-state index in [0.717, 1.165) is 38.5 Å². The summed E-state index contributed by atoms with van der Waals surface area (Å²) in [5.41, 5.74) is 5.33. The molecule has 0 fully saturated rings. The molecule has 56 heavy (non-hydrogen) atoms. The highest BCUT2D eigenvalue weighted by molar-refractivity contribution is 7.47. The SMILES string of the molecule is CCCCCCCC/C=C\C/C=C\C/C=C\CCCC(=O)O[C@H](COC(=O)CCC/C=C\C/C=C\C/C=C\C/C=C\C=C\[C@@H](O)CC)COP(=O)(O)OCCN. The Kier molecular flexibility index (Phi) is 37.9. The first-order valence-corrected chi connectivity index (χ1v) is 22.3.